The first kappa shape index (κ1) is 10.5. The molecular weight excluding hydrogens is 170 g/mol. The van der Waals surface area contributed by atoms with E-state index in [9.17, 15) is 13.2 Å². The molecule has 1 nitrogen and oxygen atoms in total. The Kier molecular flexibility index (Phi) is 6.21. The first-order valence-corrected chi connectivity index (χ1v) is 0.771. The Hall–Kier alpha value is 1.56. The first-order chi connectivity index (χ1) is 2.00. The minimum absolute atomic E-state index is 0. The average Bonchev–Trinajstić information content (AvgIpc) is 0.722. The topological polar surface area (TPSA) is 23.1 Å². The van der Waals surface area contributed by atoms with E-state index >= 15 is 0 Å². The van der Waals surface area contributed by atoms with Gasteiger partial charge >= 0.3 is 64.5 Å². The molecule has 0 saturated heterocycles. The molecule has 0 aliphatic heterocycles. The van der Waals surface area contributed by atoms with Gasteiger partial charge in [0.15, 0.2) is 0 Å². The third kappa shape index (κ3) is 47.7. The molecule has 5 heteroatoms. The van der Waals surface area contributed by atoms with Gasteiger partial charge in [-0.25, -0.2) is 0 Å². The fourth-order valence-corrected chi connectivity index (χ4v) is 0. The van der Waals surface area contributed by atoms with Gasteiger partial charge in [0, 0.05) is 0 Å². The second kappa shape index (κ2) is 3.54. The molecule has 0 atom stereocenters. The van der Waals surface area contributed by atoms with Gasteiger partial charge in [-0.2, -0.15) is 13.2 Å². The van der Waals surface area contributed by atoms with Crippen molar-refractivity contribution < 1.29 is 76.5 Å². The van der Waals surface area contributed by atoms with Crippen molar-refractivity contribution in [1.82, 2.24) is 0 Å². The van der Waals surface area contributed by atoms with Crippen LogP contribution in [0.2, 0.25) is 0 Å². The molecule has 0 aliphatic carbocycles. The van der Waals surface area contributed by atoms with Crippen LogP contribution in [0.3, 0.4) is 0 Å². The van der Waals surface area contributed by atoms with E-state index in [1.54, 1.807) is 0 Å². The molecule has 32 valence electrons. The van der Waals surface area contributed by atoms with Gasteiger partial charge in [0.1, 0.15) is 0 Å². The number of rotatable bonds is 0. The van der Waals surface area contributed by atoms with Crippen molar-refractivity contribution in [2.24, 2.45) is 0 Å². The minimum Gasteiger partial charge on any atom is -0.771 e. The third-order valence-corrected chi connectivity index (χ3v) is 0. The van der Waals surface area contributed by atoms with Gasteiger partial charge < -0.3 is 5.11 Å². The van der Waals surface area contributed by atoms with E-state index in [4.69, 9.17) is 5.11 Å². The van der Waals surface area contributed by atoms with E-state index in [2.05, 4.69) is 0 Å². The molecule has 0 aromatic rings. The monoisotopic (exact) mass is 170 g/mol. The Morgan fingerprint density at radius 3 is 1.17 bits per heavy atom. The maximum Gasteiger partial charge on any atom is 1.00 e. The van der Waals surface area contributed by atoms with Crippen molar-refractivity contribution in [3.63, 3.8) is 0 Å². The van der Waals surface area contributed by atoms with Crippen molar-refractivity contribution >= 4 is 0 Å². The second-order valence-corrected chi connectivity index (χ2v) is 0.446. The quantitative estimate of drug-likeness (QED) is 0.377. The normalized spacial score (nSPS) is 10.0. The molecule has 6 heavy (non-hydrogen) atoms. The van der Waals surface area contributed by atoms with E-state index in [0.717, 1.165) is 0 Å². The van der Waals surface area contributed by atoms with Gasteiger partial charge in [-0.05, 0) is 0 Å². The Labute approximate surface area is 81.3 Å². The average molecular weight is 170 g/mol. The summed E-state index contributed by atoms with van der Waals surface area (Å²) in [6.07, 6.45) is -5.25. The van der Waals surface area contributed by atoms with Crippen molar-refractivity contribution in [3.8, 4) is 0 Å². The molecular formula is CF3ORb. The molecule has 0 radical (unpaired) electrons. The maximum atomic E-state index is 9.80. The summed E-state index contributed by atoms with van der Waals surface area (Å²) in [5.74, 6) is 0. The molecule has 0 fully saturated rings. The summed E-state index contributed by atoms with van der Waals surface area (Å²) in [5, 5.41) is 8.10. The van der Waals surface area contributed by atoms with Crippen LogP contribution >= 0.6 is 0 Å². The minimum atomic E-state index is -5.25. The Morgan fingerprint density at radius 1 is 1.17 bits per heavy atom. The number of alkyl halides is 3. The van der Waals surface area contributed by atoms with Gasteiger partial charge in [-0.15, -0.1) is 0 Å². The van der Waals surface area contributed by atoms with Crippen LogP contribution in [0.25, 0.3) is 0 Å². The molecule has 0 rings (SSSR count). The summed E-state index contributed by atoms with van der Waals surface area (Å²) in [7, 11) is 0. The summed E-state index contributed by atoms with van der Waals surface area (Å²) in [6.45, 7) is 0. The van der Waals surface area contributed by atoms with Crippen LogP contribution in [0, 0.1) is 0 Å². The number of halogens is 3. The maximum absolute atomic E-state index is 9.80. The Balaban J connectivity index is 0. The van der Waals surface area contributed by atoms with E-state index in [-0.39, 0.29) is 58.2 Å². The van der Waals surface area contributed by atoms with Crippen molar-refractivity contribution in [2.75, 3.05) is 0 Å². The largest absolute Gasteiger partial charge is 1.00 e. The van der Waals surface area contributed by atoms with E-state index in [1.807, 2.05) is 0 Å². The van der Waals surface area contributed by atoms with Crippen LogP contribution in [0.1, 0.15) is 0 Å². The van der Waals surface area contributed by atoms with Crippen molar-refractivity contribution in [3.05, 3.63) is 0 Å². The molecule has 0 aromatic carbocycles. The zero-order chi connectivity index (χ0) is 4.50. The fraction of sp³-hybridized carbons (Fsp3) is 1.00. The van der Waals surface area contributed by atoms with Gasteiger partial charge in [0.25, 0.3) is 0 Å². The smallest absolute Gasteiger partial charge is 0.771 e. The van der Waals surface area contributed by atoms with Crippen LogP contribution in [0.5, 0.6) is 0 Å². The molecule has 0 spiro atoms. The molecule has 0 aromatic heterocycles. The number of hydrogen-bond acceptors (Lipinski definition) is 1. The molecule has 0 heterocycles. The molecule has 0 N–H and O–H groups in total. The molecule has 0 amide bonds. The zero-order valence-corrected chi connectivity index (χ0v) is 7.96. The Bertz CT molecular complexity index is 26.3. The predicted molar refractivity (Wildman–Crippen MR) is 6.05 cm³/mol. The third-order valence-electron chi connectivity index (χ3n) is 0. The van der Waals surface area contributed by atoms with Crippen LogP contribution in [0.4, 0.5) is 13.2 Å². The van der Waals surface area contributed by atoms with Crippen LogP contribution in [0.15, 0.2) is 0 Å². The van der Waals surface area contributed by atoms with Crippen LogP contribution < -0.4 is 63.3 Å². The van der Waals surface area contributed by atoms with Crippen molar-refractivity contribution in [2.45, 2.75) is 6.36 Å². The van der Waals surface area contributed by atoms with E-state index in [0.29, 0.717) is 0 Å². The summed E-state index contributed by atoms with van der Waals surface area (Å²) < 4.78 is 29.4. The van der Waals surface area contributed by atoms with Gasteiger partial charge in [0.2, 0.25) is 0 Å². The second-order valence-electron chi connectivity index (χ2n) is 0.446. The molecule has 0 aliphatic rings. The van der Waals surface area contributed by atoms with Crippen LogP contribution in [-0.2, 0) is 0 Å². The summed E-state index contributed by atoms with van der Waals surface area (Å²) in [4.78, 5) is 0. The number of hydrogen-bond donors (Lipinski definition) is 0. The van der Waals surface area contributed by atoms with Gasteiger partial charge in [-0.3, -0.25) is 0 Å². The molecule has 0 unspecified atom stereocenters. The summed E-state index contributed by atoms with van der Waals surface area (Å²) in [6, 6.07) is 0. The van der Waals surface area contributed by atoms with E-state index < -0.39 is 6.36 Å². The van der Waals surface area contributed by atoms with E-state index in [1.165, 1.54) is 0 Å². The summed E-state index contributed by atoms with van der Waals surface area (Å²) in [5.41, 5.74) is 0. The standard InChI is InChI=1S/CF3O.Rb/c2-1(3,4)5;/q-1;+1. The van der Waals surface area contributed by atoms with Gasteiger partial charge in [-0.1, -0.05) is 0 Å². The summed E-state index contributed by atoms with van der Waals surface area (Å²) >= 11 is 0. The van der Waals surface area contributed by atoms with Gasteiger partial charge in [0.05, 0.1) is 0 Å². The molecule has 0 saturated carbocycles. The first-order valence-electron chi connectivity index (χ1n) is 0.771. The van der Waals surface area contributed by atoms with Crippen molar-refractivity contribution in [1.29, 1.82) is 0 Å². The predicted octanol–water partition coefficient (Wildman–Crippen LogP) is -3.13. The zero-order valence-electron chi connectivity index (χ0n) is 3.04. The SMILES string of the molecule is [O-]C(F)(F)F.[Rb+]. The van der Waals surface area contributed by atoms with Crippen LogP contribution in [-0.4, -0.2) is 6.36 Å². The fourth-order valence-electron chi connectivity index (χ4n) is 0. The Morgan fingerprint density at radius 2 is 1.17 bits per heavy atom. The molecule has 0 bridgehead atoms.